The molecule has 0 aromatic carbocycles. The Labute approximate surface area is 148 Å². The van der Waals surface area contributed by atoms with E-state index in [2.05, 4.69) is 26.7 Å². The summed E-state index contributed by atoms with van der Waals surface area (Å²) < 4.78 is 31.1. The first-order valence-electron chi connectivity index (χ1n) is 8.67. The van der Waals surface area contributed by atoms with Crippen LogP contribution in [0.2, 0.25) is 0 Å². The van der Waals surface area contributed by atoms with Crippen molar-refractivity contribution in [3.05, 3.63) is 29.3 Å². The molecule has 25 heavy (non-hydrogen) atoms. The third-order valence-corrected chi connectivity index (χ3v) is 6.11. The fraction of sp³-hybridized carbons (Fsp3) is 0.625. The third kappa shape index (κ3) is 3.94. The molecule has 0 unspecified atom stereocenters. The van der Waals surface area contributed by atoms with E-state index in [-0.39, 0.29) is 11.4 Å². The molecule has 138 valence electrons. The largest absolute Gasteiger partial charge is 0.297 e. The average molecular weight is 366 g/mol. The van der Waals surface area contributed by atoms with Crippen LogP contribution >= 0.6 is 0 Å². The molecule has 3 heterocycles. The molecule has 1 aliphatic rings. The number of aromatic nitrogens is 4. The Morgan fingerprint density at radius 3 is 2.80 bits per heavy atom. The molecule has 0 fully saturated rings. The second-order valence-electron chi connectivity index (χ2n) is 6.52. The number of nitrogens with one attached hydrogen (secondary N) is 1. The normalized spacial score (nSPS) is 16.0. The highest BCUT2D eigenvalue weighted by Crippen LogP contribution is 2.16. The highest BCUT2D eigenvalue weighted by atomic mass is 32.2. The number of rotatable bonds is 6. The predicted molar refractivity (Wildman–Crippen MR) is 94.4 cm³/mol. The minimum atomic E-state index is -3.59. The second-order valence-corrected chi connectivity index (χ2v) is 8.26. The molecule has 0 radical (unpaired) electrons. The van der Waals surface area contributed by atoms with Gasteiger partial charge < -0.3 is 0 Å². The summed E-state index contributed by atoms with van der Waals surface area (Å²) in [4.78, 5) is 2.64. The van der Waals surface area contributed by atoms with Gasteiger partial charge in [-0.05, 0) is 32.4 Å². The van der Waals surface area contributed by atoms with E-state index < -0.39 is 10.0 Å². The standard InChI is InChI=1S/C16H26N6O2S/c1-4-6-21-7-5-8-22-15(12-21)9-14(19-22)10-18-25(23,24)16-11-17-20(3)13(16)2/h9,11,18H,4-8,10,12H2,1-3H3. The van der Waals surface area contributed by atoms with Gasteiger partial charge in [-0.2, -0.15) is 10.2 Å². The zero-order valence-corrected chi connectivity index (χ0v) is 15.9. The molecule has 0 bridgehead atoms. The molecule has 0 saturated heterocycles. The number of sulfonamides is 1. The summed E-state index contributed by atoms with van der Waals surface area (Å²) in [6.45, 7) is 8.02. The molecular weight excluding hydrogens is 340 g/mol. The van der Waals surface area contributed by atoms with Crippen molar-refractivity contribution < 1.29 is 8.42 Å². The summed E-state index contributed by atoms with van der Waals surface area (Å²) in [6, 6.07) is 2.01. The van der Waals surface area contributed by atoms with Gasteiger partial charge >= 0.3 is 0 Å². The summed E-state index contributed by atoms with van der Waals surface area (Å²) >= 11 is 0. The maximum Gasteiger partial charge on any atom is 0.244 e. The molecule has 1 N–H and O–H groups in total. The van der Waals surface area contributed by atoms with Crippen LogP contribution in [0.4, 0.5) is 0 Å². The Balaban J connectivity index is 1.70. The van der Waals surface area contributed by atoms with Crippen molar-refractivity contribution in [2.24, 2.45) is 7.05 Å². The number of nitrogens with zero attached hydrogens (tertiary/aromatic N) is 5. The Hall–Kier alpha value is -1.71. The van der Waals surface area contributed by atoms with Gasteiger partial charge in [-0.3, -0.25) is 14.3 Å². The molecular formula is C16H26N6O2S. The fourth-order valence-corrected chi connectivity index (χ4v) is 4.37. The van der Waals surface area contributed by atoms with Gasteiger partial charge in [0.15, 0.2) is 0 Å². The van der Waals surface area contributed by atoms with E-state index in [1.165, 1.54) is 6.20 Å². The minimum absolute atomic E-state index is 0.185. The predicted octanol–water partition coefficient (Wildman–Crippen LogP) is 1.02. The maximum atomic E-state index is 12.5. The van der Waals surface area contributed by atoms with Gasteiger partial charge in [0.1, 0.15) is 4.90 Å². The van der Waals surface area contributed by atoms with Crippen molar-refractivity contribution in [2.45, 2.75) is 51.2 Å². The van der Waals surface area contributed by atoms with Crippen molar-refractivity contribution in [1.29, 1.82) is 0 Å². The highest BCUT2D eigenvalue weighted by molar-refractivity contribution is 7.89. The molecule has 1 aliphatic heterocycles. The first-order chi connectivity index (χ1) is 11.9. The molecule has 8 nitrogen and oxygen atoms in total. The van der Waals surface area contributed by atoms with Gasteiger partial charge in [-0.1, -0.05) is 6.92 Å². The van der Waals surface area contributed by atoms with E-state index in [1.54, 1.807) is 18.7 Å². The van der Waals surface area contributed by atoms with Crippen LogP contribution in [0.5, 0.6) is 0 Å². The van der Waals surface area contributed by atoms with Gasteiger partial charge in [0, 0.05) is 26.7 Å². The van der Waals surface area contributed by atoms with E-state index in [4.69, 9.17) is 0 Å². The fourth-order valence-electron chi connectivity index (χ4n) is 3.17. The van der Waals surface area contributed by atoms with E-state index >= 15 is 0 Å². The maximum absolute atomic E-state index is 12.5. The molecule has 2 aromatic heterocycles. The Morgan fingerprint density at radius 2 is 2.12 bits per heavy atom. The monoisotopic (exact) mass is 366 g/mol. The lowest BCUT2D eigenvalue weighted by Crippen LogP contribution is -2.24. The number of hydrogen-bond donors (Lipinski definition) is 1. The van der Waals surface area contributed by atoms with Crippen molar-refractivity contribution >= 4 is 10.0 Å². The van der Waals surface area contributed by atoms with E-state index in [0.29, 0.717) is 5.69 Å². The van der Waals surface area contributed by atoms with Crippen LogP contribution < -0.4 is 4.72 Å². The van der Waals surface area contributed by atoms with Crippen LogP contribution in [-0.4, -0.2) is 46.0 Å². The van der Waals surface area contributed by atoms with Crippen molar-refractivity contribution in [1.82, 2.24) is 29.2 Å². The lowest BCUT2D eigenvalue weighted by Gasteiger charge is -2.17. The van der Waals surface area contributed by atoms with Gasteiger partial charge in [0.05, 0.1) is 29.8 Å². The molecule has 3 rings (SSSR count). The Morgan fingerprint density at radius 1 is 1.32 bits per heavy atom. The van der Waals surface area contributed by atoms with Gasteiger partial charge in [-0.25, -0.2) is 13.1 Å². The molecule has 0 amide bonds. The average Bonchev–Trinajstić information content (AvgIpc) is 3.04. The SMILES string of the molecule is CCCN1CCCn2nc(CNS(=O)(=O)c3cnn(C)c3C)cc2C1. The number of aryl methyl sites for hydroxylation is 2. The van der Waals surface area contributed by atoms with Crippen LogP contribution in [0.1, 0.15) is 36.8 Å². The zero-order valence-electron chi connectivity index (χ0n) is 15.1. The molecule has 0 aliphatic carbocycles. The summed E-state index contributed by atoms with van der Waals surface area (Å²) in [6.07, 6.45) is 3.57. The van der Waals surface area contributed by atoms with Crippen LogP contribution in [0.3, 0.4) is 0 Å². The Bertz CT molecular complexity index is 839. The lowest BCUT2D eigenvalue weighted by atomic mass is 10.3. The molecule has 2 aromatic rings. The van der Waals surface area contributed by atoms with Crippen LogP contribution in [-0.2, 0) is 36.7 Å². The van der Waals surface area contributed by atoms with E-state index in [9.17, 15) is 8.42 Å². The molecule has 0 atom stereocenters. The molecule has 0 saturated carbocycles. The van der Waals surface area contributed by atoms with E-state index in [0.717, 1.165) is 50.4 Å². The van der Waals surface area contributed by atoms with Gasteiger partial charge in [0.2, 0.25) is 10.0 Å². The third-order valence-electron chi connectivity index (χ3n) is 4.61. The number of fused-ring (bicyclic) bond motifs is 1. The second kappa shape index (κ2) is 7.27. The van der Waals surface area contributed by atoms with Crippen molar-refractivity contribution in [2.75, 3.05) is 13.1 Å². The van der Waals surface area contributed by atoms with Crippen molar-refractivity contribution in [3.8, 4) is 0 Å². The summed E-state index contributed by atoms with van der Waals surface area (Å²) in [5.41, 5.74) is 2.51. The van der Waals surface area contributed by atoms with E-state index in [1.807, 2.05) is 10.7 Å². The van der Waals surface area contributed by atoms with Crippen LogP contribution in [0, 0.1) is 6.92 Å². The topological polar surface area (TPSA) is 85.1 Å². The first kappa shape index (κ1) is 18.1. The summed E-state index contributed by atoms with van der Waals surface area (Å²) in [7, 11) is -1.86. The smallest absolute Gasteiger partial charge is 0.244 e. The summed E-state index contributed by atoms with van der Waals surface area (Å²) in [5, 5.41) is 8.57. The van der Waals surface area contributed by atoms with Gasteiger partial charge in [-0.15, -0.1) is 0 Å². The van der Waals surface area contributed by atoms with Crippen LogP contribution in [0.25, 0.3) is 0 Å². The molecule has 0 spiro atoms. The van der Waals surface area contributed by atoms with Crippen LogP contribution in [0.15, 0.2) is 17.2 Å². The minimum Gasteiger partial charge on any atom is -0.297 e. The number of hydrogen-bond acceptors (Lipinski definition) is 5. The summed E-state index contributed by atoms with van der Waals surface area (Å²) in [5.74, 6) is 0. The quantitative estimate of drug-likeness (QED) is 0.825. The lowest BCUT2D eigenvalue weighted by molar-refractivity contribution is 0.270. The molecule has 9 heteroatoms. The Kier molecular flexibility index (Phi) is 5.26. The highest BCUT2D eigenvalue weighted by Gasteiger charge is 2.21. The zero-order chi connectivity index (χ0) is 18.0. The van der Waals surface area contributed by atoms with Gasteiger partial charge in [0.25, 0.3) is 0 Å². The first-order valence-corrected chi connectivity index (χ1v) is 10.1. The van der Waals surface area contributed by atoms with Crippen molar-refractivity contribution in [3.63, 3.8) is 0 Å².